The monoisotopic (exact) mass is 269 g/mol. The molecule has 0 bridgehead atoms. The molecule has 98 valence electrons. The number of nitrogens with two attached hydrogens (primary N) is 1. The summed E-state index contributed by atoms with van der Waals surface area (Å²) in [5, 5.41) is 0. The fourth-order valence-corrected chi connectivity index (χ4v) is 2.25. The molecule has 0 spiro atoms. The lowest BCUT2D eigenvalue weighted by molar-refractivity contribution is 0.568. The van der Waals surface area contributed by atoms with Crippen molar-refractivity contribution in [2.75, 3.05) is 12.0 Å². The van der Waals surface area contributed by atoms with Crippen LogP contribution in [0.1, 0.15) is 18.3 Å². The molecule has 0 saturated carbocycles. The zero-order valence-corrected chi connectivity index (χ0v) is 10.8. The molecule has 0 saturated heterocycles. The van der Waals surface area contributed by atoms with Crippen molar-refractivity contribution in [3.05, 3.63) is 30.6 Å². The molecule has 2 heterocycles. The summed E-state index contributed by atoms with van der Waals surface area (Å²) in [7, 11) is -3.00. The number of hydrogen-bond acceptors (Lipinski definition) is 5. The maximum atomic E-state index is 11.1. The minimum Gasteiger partial charge on any atom is -0.472 e. The van der Waals surface area contributed by atoms with Crippen molar-refractivity contribution in [2.45, 2.75) is 12.5 Å². The zero-order chi connectivity index (χ0) is 13.2. The van der Waals surface area contributed by atoms with Crippen LogP contribution in [0.4, 0.5) is 0 Å². The summed E-state index contributed by atoms with van der Waals surface area (Å²) in [6.07, 6.45) is 6.36. The minimum absolute atomic E-state index is 0.0515. The molecule has 0 amide bonds. The number of furan rings is 1. The van der Waals surface area contributed by atoms with Crippen molar-refractivity contribution in [1.82, 2.24) is 9.97 Å². The van der Waals surface area contributed by atoms with Crippen molar-refractivity contribution in [1.29, 1.82) is 0 Å². The van der Waals surface area contributed by atoms with Gasteiger partial charge in [-0.1, -0.05) is 0 Å². The third kappa shape index (κ3) is 3.21. The summed E-state index contributed by atoms with van der Waals surface area (Å²) in [5.74, 6) is 0.630. The van der Waals surface area contributed by atoms with E-state index < -0.39 is 15.9 Å². The average molecular weight is 269 g/mol. The van der Waals surface area contributed by atoms with Crippen molar-refractivity contribution in [2.24, 2.45) is 5.73 Å². The molecule has 3 N–H and O–H groups in total. The van der Waals surface area contributed by atoms with Gasteiger partial charge in [-0.3, -0.25) is 0 Å². The summed E-state index contributed by atoms with van der Waals surface area (Å²) < 4.78 is 27.1. The van der Waals surface area contributed by atoms with E-state index in [-0.39, 0.29) is 5.75 Å². The first kappa shape index (κ1) is 12.8. The lowest BCUT2D eigenvalue weighted by Gasteiger charge is -2.07. The largest absolute Gasteiger partial charge is 0.472 e. The highest BCUT2D eigenvalue weighted by Gasteiger charge is 2.14. The average Bonchev–Trinajstić information content (AvgIpc) is 2.94. The van der Waals surface area contributed by atoms with Gasteiger partial charge in [-0.2, -0.15) is 0 Å². The van der Waals surface area contributed by atoms with Crippen molar-refractivity contribution in [3.8, 4) is 11.3 Å². The molecule has 1 unspecified atom stereocenters. The van der Waals surface area contributed by atoms with Gasteiger partial charge in [-0.15, -0.1) is 0 Å². The third-order valence-electron chi connectivity index (χ3n) is 2.58. The Labute approximate surface area is 105 Å². The second-order valence-corrected chi connectivity index (χ2v) is 6.48. The van der Waals surface area contributed by atoms with Gasteiger partial charge in [0.05, 0.1) is 36.2 Å². The van der Waals surface area contributed by atoms with Crippen molar-refractivity contribution >= 4 is 9.84 Å². The van der Waals surface area contributed by atoms with Gasteiger partial charge in [0.1, 0.15) is 15.7 Å². The highest BCUT2D eigenvalue weighted by Crippen LogP contribution is 2.20. The number of nitrogens with zero attached hydrogens (tertiary/aromatic N) is 1. The molecule has 0 aliphatic rings. The molecular weight excluding hydrogens is 254 g/mol. The van der Waals surface area contributed by atoms with Crippen LogP contribution in [0, 0.1) is 0 Å². The molecule has 7 heteroatoms. The Morgan fingerprint density at radius 2 is 2.33 bits per heavy atom. The van der Waals surface area contributed by atoms with E-state index in [1.807, 2.05) is 0 Å². The molecule has 18 heavy (non-hydrogen) atoms. The summed E-state index contributed by atoms with van der Waals surface area (Å²) in [6, 6.07) is 1.39. The number of aromatic amines is 1. The second kappa shape index (κ2) is 4.95. The fourth-order valence-electron chi connectivity index (χ4n) is 1.57. The first-order valence-corrected chi connectivity index (χ1v) is 7.52. The highest BCUT2D eigenvalue weighted by molar-refractivity contribution is 7.90. The van der Waals surface area contributed by atoms with Gasteiger partial charge < -0.3 is 15.1 Å². The lowest BCUT2D eigenvalue weighted by atomic mass is 10.2. The number of aromatic nitrogens is 2. The number of nitrogens with one attached hydrogen (secondary N) is 1. The maximum Gasteiger partial charge on any atom is 0.147 e. The van der Waals surface area contributed by atoms with E-state index >= 15 is 0 Å². The summed E-state index contributed by atoms with van der Waals surface area (Å²) in [4.78, 5) is 7.22. The van der Waals surface area contributed by atoms with Gasteiger partial charge in [-0.05, 0) is 12.5 Å². The van der Waals surface area contributed by atoms with Crippen LogP contribution in [0.15, 0.2) is 29.2 Å². The predicted molar refractivity (Wildman–Crippen MR) is 67.5 cm³/mol. The van der Waals surface area contributed by atoms with E-state index in [2.05, 4.69) is 9.97 Å². The first-order valence-electron chi connectivity index (χ1n) is 5.46. The second-order valence-electron chi connectivity index (χ2n) is 4.22. The van der Waals surface area contributed by atoms with Gasteiger partial charge in [0.25, 0.3) is 0 Å². The van der Waals surface area contributed by atoms with Gasteiger partial charge >= 0.3 is 0 Å². The Hall–Kier alpha value is -1.60. The van der Waals surface area contributed by atoms with E-state index in [4.69, 9.17) is 10.2 Å². The number of hydrogen-bond donors (Lipinski definition) is 2. The van der Waals surface area contributed by atoms with Crippen LogP contribution < -0.4 is 5.73 Å². The SMILES string of the molecule is CS(=O)(=O)CCC(N)c1ncc(-c2ccoc2)[nH]1. The molecule has 0 aliphatic carbocycles. The van der Waals surface area contributed by atoms with Crippen LogP contribution in [0.3, 0.4) is 0 Å². The van der Waals surface area contributed by atoms with Gasteiger partial charge in [0.2, 0.25) is 0 Å². The first-order chi connectivity index (χ1) is 8.46. The Bertz CT molecular complexity index is 601. The van der Waals surface area contributed by atoms with Crippen LogP contribution in [-0.2, 0) is 9.84 Å². The number of imidazole rings is 1. The summed E-state index contributed by atoms with van der Waals surface area (Å²) in [6.45, 7) is 0. The van der Waals surface area contributed by atoms with Crippen molar-refractivity contribution < 1.29 is 12.8 Å². The molecule has 1 atom stereocenters. The van der Waals surface area contributed by atoms with Crippen molar-refractivity contribution in [3.63, 3.8) is 0 Å². The Morgan fingerprint density at radius 3 is 2.94 bits per heavy atom. The van der Waals surface area contributed by atoms with Crippen LogP contribution in [-0.4, -0.2) is 30.4 Å². The van der Waals surface area contributed by atoms with Crippen LogP contribution >= 0.6 is 0 Å². The highest BCUT2D eigenvalue weighted by atomic mass is 32.2. The summed E-state index contributed by atoms with van der Waals surface area (Å²) in [5.41, 5.74) is 7.57. The van der Waals surface area contributed by atoms with Gasteiger partial charge in [0, 0.05) is 11.8 Å². The van der Waals surface area contributed by atoms with Crippen LogP contribution in [0.5, 0.6) is 0 Å². The van der Waals surface area contributed by atoms with Crippen LogP contribution in [0.25, 0.3) is 11.3 Å². The normalized spacial score (nSPS) is 13.7. The molecule has 0 aromatic carbocycles. The number of H-pyrrole nitrogens is 1. The van der Waals surface area contributed by atoms with Gasteiger partial charge in [0.15, 0.2) is 0 Å². The number of sulfone groups is 1. The molecular formula is C11H15N3O3S. The Kier molecular flexibility index (Phi) is 3.53. The maximum absolute atomic E-state index is 11.1. The number of rotatable bonds is 5. The van der Waals surface area contributed by atoms with E-state index in [0.29, 0.717) is 12.2 Å². The standard InChI is InChI=1S/C11H15N3O3S/c1-18(15,16)5-3-9(12)11-13-6-10(14-11)8-2-4-17-7-8/h2,4,6-7,9H,3,5,12H2,1H3,(H,13,14). The summed E-state index contributed by atoms with van der Waals surface area (Å²) >= 11 is 0. The van der Waals surface area contributed by atoms with E-state index in [1.165, 1.54) is 6.26 Å². The zero-order valence-electron chi connectivity index (χ0n) is 9.96. The third-order valence-corrected chi connectivity index (χ3v) is 3.56. The topological polar surface area (TPSA) is 102 Å². The quantitative estimate of drug-likeness (QED) is 0.846. The minimum atomic E-state index is -3.00. The Morgan fingerprint density at radius 1 is 1.56 bits per heavy atom. The van der Waals surface area contributed by atoms with E-state index in [1.54, 1.807) is 24.8 Å². The predicted octanol–water partition coefficient (Wildman–Crippen LogP) is 1.10. The molecule has 2 rings (SSSR count). The molecule has 0 fully saturated rings. The van der Waals surface area contributed by atoms with E-state index in [9.17, 15) is 8.42 Å². The van der Waals surface area contributed by atoms with Crippen LogP contribution in [0.2, 0.25) is 0 Å². The molecule has 6 nitrogen and oxygen atoms in total. The Balaban J connectivity index is 2.06. The molecule has 2 aromatic rings. The molecule has 0 radical (unpaired) electrons. The fraction of sp³-hybridized carbons (Fsp3) is 0.364. The lowest BCUT2D eigenvalue weighted by Crippen LogP contribution is -2.16. The van der Waals surface area contributed by atoms with Gasteiger partial charge in [-0.25, -0.2) is 13.4 Å². The van der Waals surface area contributed by atoms with E-state index in [0.717, 1.165) is 11.3 Å². The molecule has 2 aromatic heterocycles. The molecule has 0 aliphatic heterocycles. The smallest absolute Gasteiger partial charge is 0.147 e.